The molecule has 0 atom stereocenters. The number of anilines is 6. The highest BCUT2D eigenvalue weighted by Gasteiger charge is 2.15. The summed E-state index contributed by atoms with van der Waals surface area (Å²) in [6.07, 6.45) is 0. The monoisotopic (exact) mass is 624 g/mol. The maximum absolute atomic E-state index is 9.53. The predicted octanol–water partition coefficient (Wildman–Crippen LogP) is 8.77. The fourth-order valence-corrected chi connectivity index (χ4v) is 5.33. The minimum Gasteiger partial charge on any atom is -0.397 e. The summed E-state index contributed by atoms with van der Waals surface area (Å²) in [6.45, 7) is 1.94. The lowest BCUT2D eigenvalue weighted by molar-refractivity contribution is 0.281. The predicted molar refractivity (Wildman–Crippen MR) is 192 cm³/mol. The molecule has 0 fully saturated rings. The molecule has 6 aromatic rings. The van der Waals surface area contributed by atoms with Gasteiger partial charge < -0.3 is 30.2 Å². The zero-order chi connectivity index (χ0) is 33.0. The maximum atomic E-state index is 9.53. The van der Waals surface area contributed by atoms with Crippen LogP contribution in [0.2, 0.25) is 0 Å². The first-order valence-corrected chi connectivity index (χ1v) is 15.6. The van der Waals surface area contributed by atoms with Crippen molar-refractivity contribution in [1.29, 1.82) is 0 Å². The van der Waals surface area contributed by atoms with Crippen molar-refractivity contribution in [3.8, 4) is 11.1 Å². The third kappa shape index (κ3) is 8.14. The lowest BCUT2D eigenvalue weighted by atomic mass is 10.0. The van der Waals surface area contributed by atoms with E-state index in [1.165, 1.54) is 0 Å². The van der Waals surface area contributed by atoms with Gasteiger partial charge in [0.2, 0.25) is 0 Å². The summed E-state index contributed by atoms with van der Waals surface area (Å²) in [7, 11) is 0. The van der Waals surface area contributed by atoms with E-state index in [-0.39, 0.29) is 26.4 Å². The van der Waals surface area contributed by atoms with Crippen molar-refractivity contribution in [2.24, 2.45) is 0 Å². The van der Waals surface area contributed by atoms with Gasteiger partial charge in [-0.05, 0) is 108 Å². The number of nitrogens with zero attached hydrogens (tertiary/aromatic N) is 2. The second-order valence-corrected chi connectivity index (χ2v) is 10.9. The van der Waals surface area contributed by atoms with E-state index >= 15 is 0 Å². The second-order valence-electron chi connectivity index (χ2n) is 10.9. The first kappa shape index (κ1) is 33.1. The van der Waals surface area contributed by atoms with Crippen LogP contribution in [0.4, 0.5) is 34.1 Å². The molecule has 0 aliphatic heterocycles. The van der Waals surface area contributed by atoms with Crippen molar-refractivity contribution in [2.45, 2.75) is 26.7 Å². The zero-order valence-electron chi connectivity index (χ0n) is 26.4. The Kier molecular flexibility index (Phi) is 11.5. The summed E-state index contributed by atoms with van der Waals surface area (Å²) < 4.78 is 0. The Morgan fingerprint density at radius 3 is 0.830 bits per heavy atom. The van der Waals surface area contributed by atoms with E-state index in [9.17, 15) is 15.3 Å². The summed E-state index contributed by atoms with van der Waals surface area (Å²) >= 11 is 0. The van der Waals surface area contributed by atoms with Crippen LogP contribution in [-0.2, 0) is 19.8 Å². The van der Waals surface area contributed by atoms with Crippen LogP contribution in [-0.4, -0.2) is 27.0 Å². The molecular weight excluding hydrogens is 584 g/mol. The number of aliphatic hydroxyl groups excluding tert-OH is 4. The highest BCUT2D eigenvalue weighted by molar-refractivity contribution is 5.80. The third-order valence-corrected chi connectivity index (χ3v) is 7.73. The molecule has 6 nitrogen and oxygen atoms in total. The Balaban J connectivity index is 0.00000139. The number of para-hydroxylation sites is 1. The van der Waals surface area contributed by atoms with Crippen molar-refractivity contribution >= 4 is 34.1 Å². The second kappa shape index (κ2) is 16.4. The molecule has 6 heteroatoms. The van der Waals surface area contributed by atoms with Gasteiger partial charge in [0.25, 0.3) is 0 Å². The molecular formula is C41H40N2O4. The standard InChI is InChI=1S/C39H34N2O3.C2H6O/c42-26-29-6-16-35(17-7-29)40(34-4-2-1-3-5-34)38-22-12-32(13-23-38)33-14-24-39(25-15-33)41(36-18-8-30(27-43)9-19-36)37-20-10-31(28-44)11-21-37;1-2-3/h1-25,42-44H,26-28H2;3H,2H2,1H3. The van der Waals surface area contributed by atoms with E-state index in [4.69, 9.17) is 5.11 Å². The van der Waals surface area contributed by atoms with Crippen LogP contribution in [0.3, 0.4) is 0 Å². The van der Waals surface area contributed by atoms with Gasteiger partial charge in [-0.2, -0.15) is 0 Å². The summed E-state index contributed by atoms with van der Waals surface area (Å²) in [5.74, 6) is 0. The Morgan fingerprint density at radius 2 is 0.574 bits per heavy atom. The number of aliphatic hydroxyl groups is 4. The van der Waals surface area contributed by atoms with Gasteiger partial charge in [-0.25, -0.2) is 0 Å². The first-order chi connectivity index (χ1) is 23.1. The van der Waals surface area contributed by atoms with Crippen LogP contribution in [0.5, 0.6) is 0 Å². The molecule has 0 aliphatic rings. The minimum atomic E-state index is -0.00192. The van der Waals surface area contributed by atoms with Crippen molar-refractivity contribution in [2.75, 3.05) is 16.4 Å². The molecule has 0 saturated carbocycles. The lowest BCUT2D eigenvalue weighted by Gasteiger charge is -2.26. The number of rotatable bonds is 10. The van der Waals surface area contributed by atoms with Crippen molar-refractivity contribution in [3.63, 3.8) is 0 Å². The lowest BCUT2D eigenvalue weighted by Crippen LogP contribution is -2.10. The zero-order valence-corrected chi connectivity index (χ0v) is 26.4. The molecule has 6 aromatic carbocycles. The van der Waals surface area contributed by atoms with Crippen LogP contribution in [0.1, 0.15) is 23.6 Å². The average molecular weight is 625 g/mol. The molecule has 238 valence electrons. The Hall–Kier alpha value is -5.24. The van der Waals surface area contributed by atoms with Crippen LogP contribution >= 0.6 is 0 Å². The highest BCUT2D eigenvalue weighted by atomic mass is 16.3. The van der Waals surface area contributed by atoms with Crippen LogP contribution in [0.15, 0.2) is 152 Å². The summed E-state index contributed by atoms with van der Waals surface area (Å²) in [5.41, 5.74) is 10.9. The number of benzene rings is 6. The quantitative estimate of drug-likeness (QED) is 0.122. The summed E-state index contributed by atoms with van der Waals surface area (Å²) in [4.78, 5) is 4.37. The molecule has 47 heavy (non-hydrogen) atoms. The topological polar surface area (TPSA) is 87.4 Å². The smallest absolute Gasteiger partial charge is 0.0681 e. The van der Waals surface area contributed by atoms with Crippen molar-refractivity contribution in [1.82, 2.24) is 0 Å². The van der Waals surface area contributed by atoms with E-state index in [0.717, 1.165) is 61.9 Å². The van der Waals surface area contributed by atoms with Crippen LogP contribution < -0.4 is 9.80 Å². The average Bonchev–Trinajstić information content (AvgIpc) is 3.14. The number of hydrogen-bond donors (Lipinski definition) is 4. The molecule has 0 saturated heterocycles. The molecule has 0 aliphatic carbocycles. The van der Waals surface area contributed by atoms with E-state index in [0.29, 0.717) is 0 Å². The molecule has 4 N–H and O–H groups in total. The molecule has 0 spiro atoms. The molecule has 0 amide bonds. The van der Waals surface area contributed by atoms with Gasteiger partial charge in [0.05, 0.1) is 19.8 Å². The molecule has 0 heterocycles. The molecule has 0 aromatic heterocycles. The normalized spacial score (nSPS) is 10.6. The Morgan fingerprint density at radius 1 is 0.340 bits per heavy atom. The van der Waals surface area contributed by atoms with E-state index in [2.05, 4.69) is 70.5 Å². The van der Waals surface area contributed by atoms with E-state index < -0.39 is 0 Å². The summed E-state index contributed by atoms with van der Waals surface area (Å²) in [6, 6.07) is 51.0. The summed E-state index contributed by atoms with van der Waals surface area (Å²) in [5, 5.41) is 36.1. The van der Waals surface area contributed by atoms with Gasteiger partial charge in [0.15, 0.2) is 0 Å². The van der Waals surface area contributed by atoms with Gasteiger partial charge in [-0.3, -0.25) is 0 Å². The van der Waals surface area contributed by atoms with E-state index in [1.807, 2.05) is 91.0 Å². The van der Waals surface area contributed by atoms with Gasteiger partial charge in [0, 0.05) is 40.7 Å². The van der Waals surface area contributed by atoms with Gasteiger partial charge >= 0.3 is 0 Å². The Labute approximate surface area is 276 Å². The van der Waals surface area contributed by atoms with Crippen molar-refractivity contribution < 1.29 is 20.4 Å². The molecule has 6 rings (SSSR count). The fraction of sp³-hybridized carbons (Fsp3) is 0.122. The fourth-order valence-electron chi connectivity index (χ4n) is 5.33. The van der Waals surface area contributed by atoms with Crippen LogP contribution in [0.25, 0.3) is 11.1 Å². The Bertz CT molecular complexity index is 1740. The third-order valence-electron chi connectivity index (χ3n) is 7.73. The molecule has 0 unspecified atom stereocenters. The first-order valence-electron chi connectivity index (χ1n) is 15.6. The van der Waals surface area contributed by atoms with E-state index in [1.54, 1.807) is 6.92 Å². The minimum absolute atomic E-state index is 0.00192. The highest BCUT2D eigenvalue weighted by Crippen LogP contribution is 2.38. The largest absolute Gasteiger partial charge is 0.397 e. The number of hydrogen-bond acceptors (Lipinski definition) is 6. The molecule has 0 bridgehead atoms. The van der Waals surface area contributed by atoms with Crippen molar-refractivity contribution in [3.05, 3.63) is 168 Å². The molecule has 0 radical (unpaired) electrons. The van der Waals surface area contributed by atoms with Crippen LogP contribution in [0, 0.1) is 0 Å². The maximum Gasteiger partial charge on any atom is 0.0681 e. The van der Waals surface area contributed by atoms with Gasteiger partial charge in [-0.1, -0.05) is 78.9 Å². The SMILES string of the molecule is CCO.OCc1ccc(N(c2ccccc2)c2ccc(-c3ccc(N(c4ccc(CO)cc4)c4ccc(CO)cc4)cc3)cc2)cc1. The van der Waals surface area contributed by atoms with Gasteiger partial charge in [0.1, 0.15) is 0 Å². The van der Waals surface area contributed by atoms with Gasteiger partial charge in [-0.15, -0.1) is 0 Å².